The summed E-state index contributed by atoms with van der Waals surface area (Å²) in [5.41, 5.74) is -1.64. The van der Waals surface area contributed by atoms with Gasteiger partial charge in [-0.05, 0) is 68.3 Å². The lowest BCUT2D eigenvalue weighted by Crippen LogP contribution is -2.81. The molecule has 1 aliphatic carbocycles. The molecule has 1 saturated carbocycles. The number of hydrogen-bond acceptors (Lipinski definition) is 11. The zero-order valence-electron chi connectivity index (χ0n) is 34.8. The lowest BCUT2D eigenvalue weighted by Gasteiger charge is -2.63. The number of hydrogen-bond donors (Lipinski definition) is 2. The van der Waals surface area contributed by atoms with Gasteiger partial charge in [-0.15, -0.1) is 0 Å². The van der Waals surface area contributed by atoms with Crippen LogP contribution in [0, 0.1) is 17.3 Å². The largest absolute Gasteiger partial charge is 0.496 e. The summed E-state index contributed by atoms with van der Waals surface area (Å²) >= 11 is 0. The van der Waals surface area contributed by atoms with Gasteiger partial charge in [-0.1, -0.05) is 37.3 Å². The summed E-state index contributed by atoms with van der Waals surface area (Å²) < 4.78 is 54.3. The molecule has 6 aliphatic rings. The number of anilines is 1. The average Bonchev–Trinajstić information content (AvgIpc) is 3.86. The Balaban J connectivity index is 1.35. The van der Waals surface area contributed by atoms with Crippen molar-refractivity contribution in [3.63, 3.8) is 0 Å². The van der Waals surface area contributed by atoms with E-state index in [1.807, 2.05) is 67.4 Å². The average molecular weight is 817 g/mol. The smallest absolute Gasteiger partial charge is 0.344 e. The number of piperidine rings is 1. The number of nitrogens with one attached hydrogen (secondary N) is 1. The molecule has 10 atom stereocenters. The van der Waals surface area contributed by atoms with E-state index >= 15 is 13.6 Å². The standard InChI is InChI=1S/C45H54F2N4O8/c1-8-42-14-11-16-51-17-15-43(36(42)51)30-19-31(34(56-5)20-33(30)49(4)37(43)45(55,40(54)58-7)38(42)59-25(2)52)44(39(53)57-6)21-26-18-27(41(3,46)47)23-50(22-26)24-29-28-12-9-10-13-32(28)48-35(29)44/h9-14,19-20,26-27,36-38,48,55H,8,15-18,21-24H2,1-7H3/t26?,27-,36?,37?,38+,42+,43+,44-,45-/m0/s1. The molecule has 2 aromatic carbocycles. The number of nitrogens with zero attached hydrogens (tertiary/aromatic N) is 3. The number of aliphatic hydroxyl groups is 1. The molecule has 14 heteroatoms. The number of fused-ring (bicyclic) bond motifs is 6. The molecule has 1 aromatic heterocycles. The number of rotatable bonds is 7. The van der Waals surface area contributed by atoms with Crippen LogP contribution >= 0.6 is 0 Å². The maximum absolute atomic E-state index is 15.3. The fraction of sp³-hybridized carbons (Fsp3) is 0.578. The number of methoxy groups -OCH3 is 3. The maximum Gasteiger partial charge on any atom is 0.344 e. The van der Waals surface area contributed by atoms with Crippen LogP contribution in [0.5, 0.6) is 5.75 Å². The third-order valence-electron chi connectivity index (χ3n) is 15.3. The van der Waals surface area contributed by atoms with Gasteiger partial charge in [0.2, 0.25) is 11.5 Å². The van der Waals surface area contributed by atoms with E-state index in [9.17, 15) is 14.7 Å². The number of aromatic nitrogens is 1. The van der Waals surface area contributed by atoms with Gasteiger partial charge in [0.05, 0.1) is 27.4 Å². The van der Waals surface area contributed by atoms with Gasteiger partial charge < -0.3 is 33.9 Å². The van der Waals surface area contributed by atoms with Crippen LogP contribution in [-0.4, -0.2) is 122 Å². The first-order chi connectivity index (χ1) is 28.1. The van der Waals surface area contributed by atoms with Gasteiger partial charge in [0.15, 0.2) is 6.10 Å². The summed E-state index contributed by atoms with van der Waals surface area (Å²) in [7, 11) is 5.94. The van der Waals surface area contributed by atoms with Crippen LogP contribution in [0.15, 0.2) is 48.6 Å². The number of carbonyl (C=O) groups is 3. The molecule has 9 rings (SSSR count). The predicted octanol–water partition coefficient (Wildman–Crippen LogP) is 5.08. The molecule has 5 aliphatic heterocycles. The molecule has 3 aromatic rings. The SMILES string of the molecule is CC[C@]12C=CCN3CC[C@@]4(c5cc([C@@]6(C(=O)OC)CC7C[C@H](C(C)(F)F)CN(Cc8c6[nH]c6ccccc86)C7)c(OC)cc5N(C)C4[C@@](O)(C(=O)OC)[C@@H]1OC(C)=O)C32. The van der Waals surface area contributed by atoms with E-state index < -0.39 is 63.7 Å². The third-order valence-corrected chi connectivity index (χ3v) is 15.3. The van der Waals surface area contributed by atoms with Crippen molar-refractivity contribution in [3.8, 4) is 5.75 Å². The van der Waals surface area contributed by atoms with Gasteiger partial charge >= 0.3 is 17.9 Å². The summed E-state index contributed by atoms with van der Waals surface area (Å²) in [5.74, 6) is -5.92. The van der Waals surface area contributed by atoms with Crippen molar-refractivity contribution in [2.45, 2.75) is 93.5 Å². The van der Waals surface area contributed by atoms with Crippen LogP contribution in [0.4, 0.5) is 14.5 Å². The van der Waals surface area contributed by atoms with Crippen molar-refractivity contribution in [3.05, 3.63) is 70.9 Å². The first kappa shape index (κ1) is 39.9. The zero-order chi connectivity index (χ0) is 42.0. The Labute approximate surface area is 342 Å². The van der Waals surface area contributed by atoms with Gasteiger partial charge in [0.1, 0.15) is 11.2 Å². The number of esters is 3. The molecular formula is C45H54F2N4O8. The number of ether oxygens (including phenoxy) is 4. The number of aromatic amines is 1. The van der Waals surface area contributed by atoms with E-state index in [0.29, 0.717) is 61.7 Å². The molecule has 59 heavy (non-hydrogen) atoms. The van der Waals surface area contributed by atoms with E-state index in [1.54, 1.807) is 0 Å². The van der Waals surface area contributed by atoms with Gasteiger partial charge in [-0.25, -0.2) is 13.6 Å². The van der Waals surface area contributed by atoms with Gasteiger partial charge in [-0.2, -0.15) is 0 Å². The number of H-pyrrole nitrogens is 1. The predicted molar refractivity (Wildman–Crippen MR) is 214 cm³/mol. The molecule has 3 fully saturated rings. The summed E-state index contributed by atoms with van der Waals surface area (Å²) in [6, 6.07) is 10.3. The Morgan fingerprint density at radius 3 is 2.46 bits per heavy atom. The molecule has 12 nitrogen and oxygen atoms in total. The normalized spacial score (nSPS) is 35.8. The first-order valence-corrected chi connectivity index (χ1v) is 20.7. The second-order valence-corrected chi connectivity index (χ2v) is 18.0. The van der Waals surface area contributed by atoms with Crippen molar-refractivity contribution in [2.24, 2.45) is 17.3 Å². The molecular weight excluding hydrogens is 763 g/mol. The highest BCUT2D eigenvalue weighted by Gasteiger charge is 2.80. The van der Waals surface area contributed by atoms with Crippen molar-refractivity contribution in [1.29, 1.82) is 0 Å². The molecule has 1 spiro atoms. The fourth-order valence-electron chi connectivity index (χ4n) is 13.2. The summed E-state index contributed by atoms with van der Waals surface area (Å²) in [6.07, 6.45) is 4.04. The second-order valence-electron chi connectivity index (χ2n) is 18.0. The molecule has 2 bridgehead atoms. The number of likely N-dealkylation sites (N-methyl/N-ethyl adjacent to an activating group) is 1. The molecule has 2 saturated heterocycles. The molecule has 0 radical (unpaired) electrons. The topological polar surface area (TPSA) is 134 Å². The number of benzene rings is 2. The third kappa shape index (κ3) is 5.17. The van der Waals surface area contributed by atoms with Gasteiger partial charge in [0, 0.05) is 96.9 Å². The molecule has 6 heterocycles. The minimum atomic E-state index is -2.94. The number of alkyl halides is 2. The minimum absolute atomic E-state index is 0.155. The second kappa shape index (κ2) is 13.5. The lowest BCUT2D eigenvalue weighted by molar-refractivity contribution is -0.228. The molecule has 0 amide bonds. The first-order valence-electron chi connectivity index (χ1n) is 20.7. The Kier molecular flexibility index (Phi) is 9.12. The van der Waals surface area contributed by atoms with Gasteiger partial charge in [-0.3, -0.25) is 19.4 Å². The Bertz CT molecular complexity index is 2270. The van der Waals surface area contributed by atoms with Gasteiger partial charge in [0.25, 0.3) is 0 Å². The Morgan fingerprint density at radius 1 is 1.03 bits per heavy atom. The zero-order valence-corrected chi connectivity index (χ0v) is 34.8. The maximum atomic E-state index is 15.3. The minimum Gasteiger partial charge on any atom is -0.496 e. The quantitative estimate of drug-likeness (QED) is 0.188. The number of carbonyl (C=O) groups excluding carboxylic acids is 3. The summed E-state index contributed by atoms with van der Waals surface area (Å²) in [5, 5.41) is 14.2. The van der Waals surface area contributed by atoms with Crippen molar-refractivity contribution < 1.29 is 47.2 Å². The highest BCUT2D eigenvalue weighted by molar-refractivity contribution is 5.95. The van der Waals surface area contributed by atoms with Crippen molar-refractivity contribution in [2.75, 3.05) is 59.5 Å². The Hall–Kier alpha value is -4.53. The van der Waals surface area contributed by atoms with E-state index in [2.05, 4.69) is 14.8 Å². The van der Waals surface area contributed by atoms with Crippen molar-refractivity contribution >= 4 is 34.5 Å². The van der Waals surface area contributed by atoms with Crippen molar-refractivity contribution in [1.82, 2.24) is 14.8 Å². The Morgan fingerprint density at radius 2 is 1.78 bits per heavy atom. The molecule has 316 valence electrons. The number of para-hydroxylation sites is 1. The molecule has 2 N–H and O–H groups in total. The summed E-state index contributed by atoms with van der Waals surface area (Å²) in [4.78, 5) is 52.5. The van der Waals surface area contributed by atoms with Crippen LogP contribution in [0.25, 0.3) is 10.9 Å². The van der Waals surface area contributed by atoms with Crippen LogP contribution in [0.2, 0.25) is 0 Å². The monoisotopic (exact) mass is 816 g/mol. The molecule has 4 unspecified atom stereocenters. The van der Waals surface area contributed by atoms with Crippen LogP contribution in [0.3, 0.4) is 0 Å². The number of halogens is 2. The summed E-state index contributed by atoms with van der Waals surface area (Å²) in [6.45, 7) is 6.55. The van der Waals surface area contributed by atoms with Crippen LogP contribution in [-0.2, 0) is 46.0 Å². The van der Waals surface area contributed by atoms with E-state index in [1.165, 1.54) is 28.3 Å². The lowest BCUT2D eigenvalue weighted by atomic mass is 9.47. The van der Waals surface area contributed by atoms with Crippen LogP contribution < -0.4 is 9.64 Å². The highest BCUT2D eigenvalue weighted by atomic mass is 19.3. The van der Waals surface area contributed by atoms with E-state index in [-0.39, 0.29) is 31.3 Å². The van der Waals surface area contributed by atoms with E-state index in [4.69, 9.17) is 18.9 Å². The van der Waals surface area contributed by atoms with Crippen LogP contribution in [0.1, 0.15) is 68.8 Å². The fourth-order valence-corrected chi connectivity index (χ4v) is 13.2. The van der Waals surface area contributed by atoms with E-state index in [0.717, 1.165) is 29.0 Å². The highest BCUT2D eigenvalue weighted by Crippen LogP contribution is 2.68.